The zero-order valence-corrected chi connectivity index (χ0v) is 24.4. The Labute approximate surface area is 249 Å². The molecule has 2 atom stereocenters. The maximum absolute atomic E-state index is 14.1. The standard InChI is InChI=1S/C32H35N5O6/c1-31(2,34-30(41)42)28(39)33-25(19-43-24-14-13-22-11-7-8-12-23(22)17-24)27(38)37-16-15-26-32(20-37,29(40)36(3)35-26)18-21-9-5-4-6-10-21/h4-14,17,25,34H,15-16,18-20H2,1-3H3,(H,33,39)(H,41,42). The molecule has 0 aliphatic carbocycles. The van der Waals surface area contributed by atoms with E-state index >= 15 is 0 Å². The molecule has 1 saturated heterocycles. The Morgan fingerprint density at radius 1 is 1.05 bits per heavy atom. The lowest BCUT2D eigenvalue weighted by atomic mass is 9.73. The second-order valence-electron chi connectivity index (χ2n) is 11.5. The number of nitrogens with one attached hydrogen (secondary N) is 2. The maximum Gasteiger partial charge on any atom is 0.405 e. The van der Waals surface area contributed by atoms with Crippen molar-refractivity contribution >= 4 is 40.3 Å². The molecule has 0 saturated carbocycles. The van der Waals surface area contributed by atoms with Crippen LogP contribution in [0.5, 0.6) is 5.75 Å². The number of piperidine rings is 1. The van der Waals surface area contributed by atoms with Crippen molar-refractivity contribution in [3.8, 4) is 5.75 Å². The van der Waals surface area contributed by atoms with Gasteiger partial charge in [0.05, 0.1) is 5.71 Å². The highest BCUT2D eigenvalue weighted by Gasteiger charge is 2.54. The molecule has 43 heavy (non-hydrogen) atoms. The first-order valence-electron chi connectivity index (χ1n) is 14.1. The molecular weight excluding hydrogens is 550 g/mol. The molecule has 3 aromatic rings. The van der Waals surface area contributed by atoms with E-state index in [2.05, 4.69) is 15.7 Å². The van der Waals surface area contributed by atoms with Crippen molar-refractivity contribution < 1.29 is 29.0 Å². The van der Waals surface area contributed by atoms with Gasteiger partial charge in [-0.3, -0.25) is 14.4 Å². The third-order valence-corrected chi connectivity index (χ3v) is 7.99. The second-order valence-corrected chi connectivity index (χ2v) is 11.5. The summed E-state index contributed by atoms with van der Waals surface area (Å²) < 4.78 is 6.03. The van der Waals surface area contributed by atoms with Gasteiger partial charge in [0.1, 0.15) is 29.4 Å². The quantitative estimate of drug-likeness (QED) is 0.353. The second kappa shape index (κ2) is 11.7. The molecule has 5 rings (SSSR count). The molecule has 3 N–H and O–H groups in total. The molecule has 0 radical (unpaired) electrons. The highest BCUT2D eigenvalue weighted by atomic mass is 16.5. The number of likely N-dealkylation sites (tertiary alicyclic amines) is 1. The molecule has 4 amide bonds. The third-order valence-electron chi connectivity index (χ3n) is 7.99. The average molecular weight is 586 g/mol. The van der Waals surface area contributed by atoms with Crippen molar-refractivity contribution in [2.75, 3.05) is 26.7 Å². The predicted molar refractivity (Wildman–Crippen MR) is 161 cm³/mol. The van der Waals surface area contributed by atoms with Crippen LogP contribution in [0.1, 0.15) is 25.8 Å². The minimum atomic E-state index is -1.52. The van der Waals surface area contributed by atoms with Gasteiger partial charge in [-0.1, -0.05) is 60.7 Å². The Morgan fingerprint density at radius 3 is 2.47 bits per heavy atom. The van der Waals surface area contributed by atoms with Gasteiger partial charge in [-0.15, -0.1) is 0 Å². The molecule has 2 aliphatic rings. The van der Waals surface area contributed by atoms with E-state index in [1.54, 1.807) is 18.0 Å². The number of carbonyl (C=O) groups excluding carboxylic acids is 3. The van der Waals surface area contributed by atoms with E-state index in [1.165, 1.54) is 18.9 Å². The van der Waals surface area contributed by atoms with Crippen molar-refractivity contribution in [1.82, 2.24) is 20.5 Å². The highest BCUT2D eigenvalue weighted by molar-refractivity contribution is 6.13. The fraction of sp³-hybridized carbons (Fsp3) is 0.344. The lowest BCUT2D eigenvalue weighted by Gasteiger charge is -2.40. The first kappa shape index (κ1) is 29.6. The van der Waals surface area contributed by atoms with E-state index in [0.717, 1.165) is 22.0 Å². The van der Waals surface area contributed by atoms with Crippen LogP contribution in [0.3, 0.4) is 0 Å². The summed E-state index contributed by atoms with van der Waals surface area (Å²) in [7, 11) is 1.62. The predicted octanol–water partition coefficient (Wildman–Crippen LogP) is 3.04. The summed E-state index contributed by atoms with van der Waals surface area (Å²) in [6.45, 7) is 3.00. The number of amides is 4. The zero-order valence-electron chi connectivity index (χ0n) is 24.4. The number of benzene rings is 3. The molecule has 11 heteroatoms. The van der Waals surface area contributed by atoms with E-state index in [-0.39, 0.29) is 19.1 Å². The average Bonchev–Trinajstić information content (AvgIpc) is 3.22. The molecular formula is C32H35N5O6. The molecule has 1 fully saturated rings. The van der Waals surface area contributed by atoms with Gasteiger partial charge < -0.3 is 25.4 Å². The Kier molecular flexibility index (Phi) is 8.08. The van der Waals surface area contributed by atoms with Gasteiger partial charge in [0.2, 0.25) is 11.8 Å². The molecule has 0 spiro atoms. The van der Waals surface area contributed by atoms with Crippen molar-refractivity contribution in [3.05, 3.63) is 78.4 Å². The number of hydrazone groups is 1. The fourth-order valence-corrected chi connectivity index (χ4v) is 5.71. The highest BCUT2D eigenvalue weighted by Crippen LogP contribution is 2.38. The number of fused-ring (bicyclic) bond motifs is 2. The number of carboxylic acid groups (broad SMARTS) is 1. The number of ether oxygens (including phenoxy) is 1. The largest absolute Gasteiger partial charge is 0.491 e. The number of hydrogen-bond donors (Lipinski definition) is 3. The Balaban J connectivity index is 1.41. The number of rotatable bonds is 9. The van der Waals surface area contributed by atoms with Crippen LogP contribution in [0.25, 0.3) is 10.8 Å². The number of carbonyl (C=O) groups is 4. The Bertz CT molecular complexity index is 1590. The summed E-state index contributed by atoms with van der Waals surface area (Å²) in [5, 5.41) is 21.9. The van der Waals surface area contributed by atoms with Crippen molar-refractivity contribution in [3.63, 3.8) is 0 Å². The summed E-state index contributed by atoms with van der Waals surface area (Å²) in [6.07, 6.45) is -0.600. The fourth-order valence-electron chi connectivity index (χ4n) is 5.71. The smallest absolute Gasteiger partial charge is 0.405 e. The van der Waals surface area contributed by atoms with Crippen LogP contribution < -0.4 is 15.4 Å². The van der Waals surface area contributed by atoms with Gasteiger partial charge in [-0.2, -0.15) is 5.10 Å². The van der Waals surface area contributed by atoms with Crippen LogP contribution >= 0.6 is 0 Å². The Morgan fingerprint density at radius 2 is 1.74 bits per heavy atom. The van der Waals surface area contributed by atoms with E-state index in [4.69, 9.17) is 4.74 Å². The molecule has 2 unspecified atom stereocenters. The molecule has 2 heterocycles. The molecule has 224 valence electrons. The minimum Gasteiger partial charge on any atom is -0.491 e. The van der Waals surface area contributed by atoms with Gasteiger partial charge in [0.25, 0.3) is 5.91 Å². The van der Waals surface area contributed by atoms with Crippen LogP contribution in [0.4, 0.5) is 4.79 Å². The molecule has 2 aliphatic heterocycles. The molecule has 11 nitrogen and oxygen atoms in total. The van der Waals surface area contributed by atoms with E-state index in [9.17, 15) is 24.3 Å². The maximum atomic E-state index is 14.1. The summed E-state index contributed by atoms with van der Waals surface area (Å²) >= 11 is 0. The van der Waals surface area contributed by atoms with Gasteiger partial charge >= 0.3 is 6.09 Å². The number of hydrogen-bond acceptors (Lipinski definition) is 6. The minimum absolute atomic E-state index is 0.0852. The first-order chi connectivity index (χ1) is 20.5. The van der Waals surface area contributed by atoms with E-state index < -0.39 is 34.9 Å². The van der Waals surface area contributed by atoms with Gasteiger partial charge in [0.15, 0.2) is 0 Å². The van der Waals surface area contributed by atoms with Crippen LogP contribution in [-0.4, -0.2) is 82.9 Å². The van der Waals surface area contributed by atoms with Crippen molar-refractivity contribution in [1.29, 1.82) is 0 Å². The lowest BCUT2D eigenvalue weighted by Crippen LogP contribution is -2.62. The van der Waals surface area contributed by atoms with Gasteiger partial charge in [-0.25, -0.2) is 9.80 Å². The lowest BCUT2D eigenvalue weighted by molar-refractivity contribution is -0.143. The van der Waals surface area contributed by atoms with Crippen LogP contribution in [0.15, 0.2) is 77.9 Å². The van der Waals surface area contributed by atoms with E-state index in [0.29, 0.717) is 25.1 Å². The van der Waals surface area contributed by atoms with Gasteiger partial charge in [0, 0.05) is 26.6 Å². The van der Waals surface area contributed by atoms with Crippen molar-refractivity contribution in [2.45, 2.75) is 38.3 Å². The number of nitrogens with zero attached hydrogens (tertiary/aromatic N) is 3. The third kappa shape index (κ3) is 6.15. The summed E-state index contributed by atoms with van der Waals surface area (Å²) in [4.78, 5) is 53.8. The molecule has 3 aromatic carbocycles. The summed E-state index contributed by atoms with van der Waals surface area (Å²) in [5.74, 6) is -0.807. The monoisotopic (exact) mass is 585 g/mol. The normalized spacial score (nSPS) is 19.0. The first-order valence-corrected chi connectivity index (χ1v) is 14.1. The zero-order chi connectivity index (χ0) is 30.8. The SMILES string of the molecule is CN1N=C2CCN(C(=O)C(COc3ccc4ccccc4c3)NC(=O)C(C)(C)NC(=O)O)CC2(Cc2ccccc2)C1=O. The Hall–Kier alpha value is -4.93. The van der Waals surface area contributed by atoms with Gasteiger partial charge in [-0.05, 0) is 48.7 Å². The molecule has 0 aromatic heterocycles. The van der Waals surface area contributed by atoms with Crippen LogP contribution in [0, 0.1) is 5.41 Å². The topological polar surface area (TPSA) is 141 Å². The van der Waals surface area contributed by atoms with Crippen LogP contribution in [0.2, 0.25) is 0 Å². The summed E-state index contributed by atoms with van der Waals surface area (Å²) in [6, 6.07) is 21.7. The molecule has 0 bridgehead atoms. The van der Waals surface area contributed by atoms with Crippen LogP contribution in [-0.2, 0) is 20.8 Å². The van der Waals surface area contributed by atoms with E-state index in [1.807, 2.05) is 66.7 Å². The van der Waals surface area contributed by atoms with Crippen molar-refractivity contribution in [2.24, 2.45) is 10.5 Å². The summed E-state index contributed by atoms with van der Waals surface area (Å²) in [5.41, 5.74) is -0.873.